The van der Waals surface area contributed by atoms with Crippen LogP contribution in [0.2, 0.25) is 10.0 Å². The second-order valence-corrected chi connectivity index (χ2v) is 9.37. The van der Waals surface area contributed by atoms with E-state index in [2.05, 4.69) is 0 Å². The molecule has 1 heterocycles. The molecule has 0 aliphatic carbocycles. The van der Waals surface area contributed by atoms with Gasteiger partial charge in [0.15, 0.2) is 0 Å². The molecule has 10 heteroatoms. The fourth-order valence-corrected chi connectivity index (χ4v) is 4.04. The largest absolute Gasteiger partial charge is 0.416 e. The molecule has 0 N–H and O–H groups in total. The zero-order valence-electron chi connectivity index (χ0n) is 18.7. The van der Waals surface area contributed by atoms with E-state index in [1.54, 1.807) is 21.9 Å². The maximum absolute atomic E-state index is 13.1. The van der Waals surface area contributed by atoms with Gasteiger partial charge in [-0.1, -0.05) is 37.0 Å². The van der Waals surface area contributed by atoms with Gasteiger partial charge in [-0.15, -0.1) is 0 Å². The van der Waals surface area contributed by atoms with Crippen LogP contribution < -0.4 is 0 Å². The van der Waals surface area contributed by atoms with Crippen LogP contribution >= 0.6 is 23.2 Å². The lowest BCUT2D eigenvalue weighted by Gasteiger charge is -2.36. The van der Waals surface area contributed by atoms with Crippen LogP contribution in [-0.4, -0.2) is 60.5 Å². The van der Waals surface area contributed by atoms with Gasteiger partial charge in [0.05, 0.1) is 28.3 Å². The Morgan fingerprint density at radius 1 is 1.09 bits per heavy atom. The number of halogens is 5. The average Bonchev–Trinajstić information content (AvgIpc) is 2.79. The van der Waals surface area contributed by atoms with Crippen molar-refractivity contribution in [1.29, 1.82) is 0 Å². The third-order valence-corrected chi connectivity index (χ3v) is 6.09. The molecule has 0 bridgehead atoms. The molecular weight excluding hydrogens is 492 g/mol. The van der Waals surface area contributed by atoms with E-state index in [4.69, 9.17) is 27.9 Å². The normalized spacial score (nSPS) is 16.6. The Hall–Kier alpha value is -2.29. The lowest BCUT2D eigenvalue weighted by Crippen LogP contribution is -2.51. The third kappa shape index (κ3) is 6.64. The molecule has 184 valence electrons. The molecule has 0 saturated carbocycles. The number of nitrogens with zero attached hydrogens (tertiary/aromatic N) is 2. The Balaban J connectivity index is 1.72. The lowest BCUT2D eigenvalue weighted by molar-refractivity contribution is -0.137. The van der Waals surface area contributed by atoms with E-state index in [-0.39, 0.29) is 41.4 Å². The number of amides is 2. The predicted octanol–water partition coefficient (Wildman–Crippen LogP) is 5.65. The summed E-state index contributed by atoms with van der Waals surface area (Å²) in [5, 5.41) is 0.631. The highest BCUT2D eigenvalue weighted by molar-refractivity contribution is 6.42. The van der Waals surface area contributed by atoms with Crippen molar-refractivity contribution in [3.05, 3.63) is 69.2 Å². The van der Waals surface area contributed by atoms with Crippen LogP contribution in [0.1, 0.15) is 40.1 Å². The Kier molecular flexibility index (Phi) is 8.49. The quantitative estimate of drug-likeness (QED) is 0.498. The van der Waals surface area contributed by atoms with Crippen LogP contribution in [0.5, 0.6) is 0 Å². The van der Waals surface area contributed by atoms with Crippen molar-refractivity contribution < 1.29 is 27.5 Å². The fraction of sp³-hybridized carbons (Fsp3) is 0.417. The van der Waals surface area contributed by atoms with Crippen LogP contribution in [0, 0.1) is 5.92 Å². The zero-order chi connectivity index (χ0) is 25.0. The van der Waals surface area contributed by atoms with E-state index < -0.39 is 17.8 Å². The minimum absolute atomic E-state index is 0.121. The standard InChI is InChI=1S/C24H25Cl2F3N2O3/c1-15(2)12-31(22(32)16-3-6-18(7-4-16)24(27,28)29)14-19-13-30(9-10-34-19)23(33)17-5-8-20(25)21(26)11-17/h3-8,11,15,19H,9-10,12-14H2,1-2H3/t19-/m0/s1. The highest BCUT2D eigenvalue weighted by atomic mass is 35.5. The first-order valence-corrected chi connectivity index (χ1v) is 11.5. The predicted molar refractivity (Wildman–Crippen MR) is 124 cm³/mol. The van der Waals surface area contributed by atoms with Gasteiger partial charge in [-0.25, -0.2) is 0 Å². The highest BCUT2D eigenvalue weighted by Gasteiger charge is 2.32. The Bertz CT molecular complexity index is 1030. The fourth-order valence-electron chi connectivity index (χ4n) is 3.74. The van der Waals surface area contributed by atoms with E-state index in [1.807, 2.05) is 13.8 Å². The Morgan fingerprint density at radius 3 is 2.32 bits per heavy atom. The van der Waals surface area contributed by atoms with Crippen molar-refractivity contribution in [3.8, 4) is 0 Å². The molecule has 2 aromatic carbocycles. The maximum atomic E-state index is 13.1. The molecule has 5 nitrogen and oxygen atoms in total. The van der Waals surface area contributed by atoms with Crippen LogP contribution in [0.4, 0.5) is 13.2 Å². The minimum Gasteiger partial charge on any atom is -0.373 e. The molecule has 1 aliphatic rings. The molecule has 0 radical (unpaired) electrons. The number of benzene rings is 2. The molecule has 2 amide bonds. The highest BCUT2D eigenvalue weighted by Crippen LogP contribution is 2.29. The molecule has 3 rings (SSSR count). The van der Waals surface area contributed by atoms with Crippen molar-refractivity contribution in [2.75, 3.05) is 32.8 Å². The summed E-state index contributed by atoms with van der Waals surface area (Å²) in [6.45, 7) is 5.40. The summed E-state index contributed by atoms with van der Waals surface area (Å²) in [5.74, 6) is -0.494. The average molecular weight is 517 g/mol. The molecule has 34 heavy (non-hydrogen) atoms. The van der Waals surface area contributed by atoms with Crippen molar-refractivity contribution in [1.82, 2.24) is 9.80 Å². The first-order chi connectivity index (χ1) is 16.0. The van der Waals surface area contributed by atoms with Gasteiger partial charge >= 0.3 is 6.18 Å². The van der Waals surface area contributed by atoms with Gasteiger partial charge in [0, 0.05) is 37.3 Å². The zero-order valence-corrected chi connectivity index (χ0v) is 20.3. The second kappa shape index (κ2) is 11.0. The monoisotopic (exact) mass is 516 g/mol. The molecule has 1 fully saturated rings. The topological polar surface area (TPSA) is 49.9 Å². The number of carbonyl (C=O) groups excluding carboxylic acids is 2. The second-order valence-electron chi connectivity index (χ2n) is 8.55. The maximum Gasteiger partial charge on any atom is 0.416 e. The molecule has 2 aromatic rings. The first-order valence-electron chi connectivity index (χ1n) is 10.8. The molecule has 0 spiro atoms. The molecular formula is C24H25Cl2F3N2O3. The number of carbonyl (C=O) groups is 2. The summed E-state index contributed by atoms with van der Waals surface area (Å²) in [5.41, 5.74) is -0.255. The van der Waals surface area contributed by atoms with Crippen molar-refractivity contribution in [3.63, 3.8) is 0 Å². The summed E-state index contributed by atoms with van der Waals surface area (Å²) in [7, 11) is 0. The van der Waals surface area contributed by atoms with Crippen LogP contribution in [0.25, 0.3) is 0 Å². The summed E-state index contributed by atoms with van der Waals surface area (Å²) < 4.78 is 44.4. The van der Waals surface area contributed by atoms with Crippen LogP contribution in [0.3, 0.4) is 0 Å². The summed E-state index contributed by atoms with van der Waals surface area (Å²) in [4.78, 5) is 29.2. The smallest absolute Gasteiger partial charge is 0.373 e. The number of alkyl halides is 3. The van der Waals surface area contributed by atoms with Gasteiger partial charge in [-0.2, -0.15) is 13.2 Å². The minimum atomic E-state index is -4.47. The van der Waals surface area contributed by atoms with Crippen molar-refractivity contribution in [2.45, 2.75) is 26.1 Å². The molecule has 0 unspecified atom stereocenters. The van der Waals surface area contributed by atoms with Gasteiger partial charge in [0.1, 0.15) is 0 Å². The summed E-state index contributed by atoms with van der Waals surface area (Å²) in [6.07, 6.45) is -4.92. The molecule has 0 aromatic heterocycles. The van der Waals surface area contributed by atoms with E-state index in [1.165, 1.54) is 18.2 Å². The van der Waals surface area contributed by atoms with Crippen LogP contribution in [0.15, 0.2) is 42.5 Å². The SMILES string of the molecule is CC(C)CN(C[C@@H]1CN(C(=O)c2ccc(Cl)c(Cl)c2)CCO1)C(=O)c1ccc(C(F)(F)F)cc1. The summed E-state index contributed by atoms with van der Waals surface area (Å²) in [6, 6.07) is 8.82. The Labute approximate surface area is 206 Å². The van der Waals surface area contributed by atoms with Gasteiger partial charge in [0.25, 0.3) is 11.8 Å². The lowest BCUT2D eigenvalue weighted by atomic mass is 10.1. The number of ether oxygens (including phenoxy) is 1. The van der Waals surface area contributed by atoms with Crippen molar-refractivity contribution in [2.24, 2.45) is 5.92 Å². The number of hydrogen-bond acceptors (Lipinski definition) is 3. The number of rotatable bonds is 6. The van der Waals surface area contributed by atoms with E-state index in [0.29, 0.717) is 30.3 Å². The van der Waals surface area contributed by atoms with Crippen LogP contribution in [-0.2, 0) is 10.9 Å². The van der Waals surface area contributed by atoms with E-state index >= 15 is 0 Å². The summed E-state index contributed by atoms with van der Waals surface area (Å²) >= 11 is 12.0. The molecule has 1 aliphatic heterocycles. The van der Waals surface area contributed by atoms with Gasteiger partial charge < -0.3 is 14.5 Å². The number of morpholine rings is 1. The van der Waals surface area contributed by atoms with Gasteiger partial charge in [-0.3, -0.25) is 9.59 Å². The molecule has 1 saturated heterocycles. The van der Waals surface area contributed by atoms with Crippen molar-refractivity contribution >= 4 is 35.0 Å². The third-order valence-electron chi connectivity index (χ3n) is 5.35. The molecule has 1 atom stereocenters. The van der Waals surface area contributed by atoms with Gasteiger partial charge in [0.2, 0.25) is 0 Å². The number of hydrogen-bond donors (Lipinski definition) is 0. The Morgan fingerprint density at radius 2 is 1.74 bits per heavy atom. The van der Waals surface area contributed by atoms with Gasteiger partial charge in [-0.05, 0) is 48.4 Å². The first kappa shape index (κ1) is 26.3. The van der Waals surface area contributed by atoms with E-state index in [9.17, 15) is 22.8 Å². The van der Waals surface area contributed by atoms with E-state index in [0.717, 1.165) is 12.1 Å².